The Bertz CT molecular complexity index is 531. The Morgan fingerprint density at radius 3 is 2.65 bits per heavy atom. The van der Waals surface area contributed by atoms with Crippen LogP contribution in [0.2, 0.25) is 0 Å². The molecule has 0 atom stereocenters. The highest BCUT2D eigenvalue weighted by Crippen LogP contribution is 2.26. The van der Waals surface area contributed by atoms with Crippen molar-refractivity contribution >= 4 is 31.8 Å². The molecule has 8 heteroatoms. The maximum absolute atomic E-state index is 12.7. The Kier molecular flexibility index (Phi) is 6.87. The lowest BCUT2D eigenvalue weighted by Gasteiger charge is -2.22. The van der Waals surface area contributed by atoms with Gasteiger partial charge >= 0.3 is 0 Å². The fourth-order valence-corrected chi connectivity index (χ4v) is 3.92. The van der Waals surface area contributed by atoms with E-state index in [1.165, 1.54) is 10.4 Å². The highest BCUT2D eigenvalue weighted by atomic mass is 79.9. The number of rotatable bonds is 8. The van der Waals surface area contributed by atoms with Gasteiger partial charge < -0.3 is 10.4 Å². The van der Waals surface area contributed by atoms with Crippen LogP contribution in [0.25, 0.3) is 0 Å². The second-order valence-electron chi connectivity index (χ2n) is 4.16. The number of aliphatic hydroxyl groups is 1. The van der Waals surface area contributed by atoms with E-state index in [0.29, 0.717) is 29.8 Å². The fourth-order valence-electron chi connectivity index (χ4n) is 1.77. The van der Waals surface area contributed by atoms with Gasteiger partial charge in [-0.25, -0.2) is 13.4 Å². The van der Waals surface area contributed by atoms with Gasteiger partial charge in [0.05, 0.1) is 6.61 Å². The standard InChI is InChI=1S/C12H20BrN3O3S/c1-3-5-16(6-7-17)20(18,19)11-8-10(13)9-15-12(11)14-4-2/h8-9,17H,3-7H2,1-2H3,(H,14,15). The van der Waals surface area contributed by atoms with E-state index >= 15 is 0 Å². The van der Waals surface area contributed by atoms with Crippen molar-refractivity contribution in [3.63, 3.8) is 0 Å². The van der Waals surface area contributed by atoms with Gasteiger partial charge in [-0.05, 0) is 35.3 Å². The number of halogens is 1. The molecule has 1 aromatic rings. The van der Waals surface area contributed by atoms with Crippen LogP contribution in [-0.2, 0) is 10.0 Å². The summed E-state index contributed by atoms with van der Waals surface area (Å²) in [7, 11) is -3.68. The molecule has 0 saturated carbocycles. The number of sulfonamides is 1. The van der Waals surface area contributed by atoms with Gasteiger partial charge in [-0.1, -0.05) is 6.92 Å². The summed E-state index contributed by atoms with van der Waals surface area (Å²) >= 11 is 3.24. The Morgan fingerprint density at radius 1 is 1.40 bits per heavy atom. The topological polar surface area (TPSA) is 82.5 Å². The molecule has 6 nitrogen and oxygen atoms in total. The van der Waals surface area contributed by atoms with Crippen LogP contribution < -0.4 is 5.32 Å². The molecule has 0 saturated heterocycles. The number of aromatic nitrogens is 1. The van der Waals surface area contributed by atoms with Crippen molar-refractivity contribution in [2.45, 2.75) is 25.2 Å². The Balaban J connectivity index is 3.27. The Morgan fingerprint density at radius 2 is 2.10 bits per heavy atom. The van der Waals surface area contributed by atoms with Crippen molar-refractivity contribution in [1.82, 2.24) is 9.29 Å². The number of nitrogens with one attached hydrogen (secondary N) is 1. The average Bonchev–Trinajstić information content (AvgIpc) is 2.40. The quantitative estimate of drug-likeness (QED) is 0.731. The SMILES string of the molecule is CCCN(CCO)S(=O)(=O)c1cc(Br)cnc1NCC. The summed E-state index contributed by atoms with van der Waals surface area (Å²) in [6.45, 7) is 4.57. The number of nitrogens with zero attached hydrogens (tertiary/aromatic N) is 2. The van der Waals surface area contributed by atoms with E-state index in [-0.39, 0.29) is 18.0 Å². The molecule has 2 N–H and O–H groups in total. The Hall–Kier alpha value is -0.700. The number of hydrogen-bond donors (Lipinski definition) is 2. The lowest BCUT2D eigenvalue weighted by atomic mass is 10.4. The summed E-state index contributed by atoms with van der Waals surface area (Å²) in [4.78, 5) is 4.23. The van der Waals surface area contributed by atoms with E-state index < -0.39 is 10.0 Å². The van der Waals surface area contributed by atoms with Crippen LogP contribution in [0, 0.1) is 0 Å². The second-order valence-corrected chi connectivity index (χ2v) is 6.98. The molecule has 0 radical (unpaired) electrons. The summed E-state index contributed by atoms with van der Waals surface area (Å²) in [5.41, 5.74) is 0. The number of hydrogen-bond acceptors (Lipinski definition) is 5. The minimum absolute atomic E-state index is 0.0776. The summed E-state index contributed by atoms with van der Waals surface area (Å²) in [6.07, 6.45) is 2.23. The summed E-state index contributed by atoms with van der Waals surface area (Å²) in [6, 6.07) is 1.53. The fraction of sp³-hybridized carbons (Fsp3) is 0.583. The first-order valence-corrected chi connectivity index (χ1v) is 8.71. The van der Waals surface area contributed by atoms with E-state index in [4.69, 9.17) is 5.11 Å². The monoisotopic (exact) mass is 365 g/mol. The van der Waals surface area contributed by atoms with Crippen LogP contribution in [0.3, 0.4) is 0 Å². The van der Waals surface area contributed by atoms with Crippen molar-refractivity contribution in [3.05, 3.63) is 16.7 Å². The largest absolute Gasteiger partial charge is 0.395 e. The van der Waals surface area contributed by atoms with Gasteiger partial charge in [0.25, 0.3) is 0 Å². The maximum atomic E-state index is 12.7. The van der Waals surface area contributed by atoms with E-state index in [1.54, 1.807) is 6.20 Å². The van der Waals surface area contributed by atoms with Crippen LogP contribution in [0.15, 0.2) is 21.6 Å². The molecule has 1 heterocycles. The van der Waals surface area contributed by atoms with Gasteiger partial charge in [0.2, 0.25) is 10.0 Å². The van der Waals surface area contributed by atoms with E-state index in [1.807, 2.05) is 13.8 Å². The van der Waals surface area contributed by atoms with Gasteiger partial charge in [-0.15, -0.1) is 0 Å². The lowest BCUT2D eigenvalue weighted by molar-refractivity contribution is 0.253. The third-order valence-electron chi connectivity index (χ3n) is 2.60. The highest BCUT2D eigenvalue weighted by molar-refractivity contribution is 9.10. The predicted octanol–water partition coefficient (Wildman–Crippen LogP) is 1.67. The molecule has 114 valence electrons. The van der Waals surface area contributed by atoms with Gasteiger partial charge in [0.15, 0.2) is 0 Å². The summed E-state index contributed by atoms with van der Waals surface area (Å²) in [5.74, 6) is 0.328. The third-order valence-corrected chi connectivity index (χ3v) is 4.95. The van der Waals surface area contributed by atoms with Gasteiger partial charge in [0.1, 0.15) is 10.7 Å². The zero-order valence-corrected chi connectivity index (χ0v) is 14.0. The zero-order chi connectivity index (χ0) is 15.2. The van der Waals surface area contributed by atoms with Crippen molar-refractivity contribution in [3.8, 4) is 0 Å². The maximum Gasteiger partial charge on any atom is 0.246 e. The van der Waals surface area contributed by atoms with Crippen LogP contribution in [0.1, 0.15) is 20.3 Å². The minimum atomic E-state index is -3.68. The van der Waals surface area contributed by atoms with E-state index in [0.717, 1.165) is 0 Å². The average molecular weight is 366 g/mol. The number of anilines is 1. The molecule has 0 spiro atoms. The normalized spacial score (nSPS) is 11.8. The van der Waals surface area contributed by atoms with Gasteiger partial charge in [-0.3, -0.25) is 0 Å². The summed E-state index contributed by atoms with van der Waals surface area (Å²) in [5, 5.41) is 12.0. The van der Waals surface area contributed by atoms with Gasteiger partial charge in [0, 0.05) is 30.3 Å². The summed E-state index contributed by atoms with van der Waals surface area (Å²) < 4.78 is 27.2. The molecule has 0 aliphatic carbocycles. The molecule has 0 amide bonds. The molecule has 20 heavy (non-hydrogen) atoms. The minimum Gasteiger partial charge on any atom is -0.395 e. The first-order chi connectivity index (χ1) is 9.47. The van der Waals surface area contributed by atoms with E-state index in [2.05, 4.69) is 26.2 Å². The first-order valence-electron chi connectivity index (χ1n) is 6.47. The molecule has 0 bridgehead atoms. The molecule has 1 rings (SSSR count). The van der Waals surface area contributed by atoms with Crippen LogP contribution >= 0.6 is 15.9 Å². The van der Waals surface area contributed by atoms with Crippen molar-refractivity contribution in [1.29, 1.82) is 0 Å². The smallest absolute Gasteiger partial charge is 0.246 e. The number of pyridine rings is 1. The van der Waals surface area contributed by atoms with E-state index in [9.17, 15) is 8.42 Å². The lowest BCUT2D eigenvalue weighted by Crippen LogP contribution is -2.34. The number of aliphatic hydroxyl groups excluding tert-OH is 1. The molecular weight excluding hydrogens is 346 g/mol. The molecule has 0 aliphatic heterocycles. The second kappa shape index (κ2) is 7.92. The molecule has 0 unspecified atom stereocenters. The molecule has 1 aromatic heterocycles. The van der Waals surface area contributed by atoms with Crippen molar-refractivity contribution < 1.29 is 13.5 Å². The molecule has 0 fully saturated rings. The van der Waals surface area contributed by atoms with Crippen LogP contribution in [0.4, 0.5) is 5.82 Å². The van der Waals surface area contributed by atoms with Crippen LogP contribution in [-0.4, -0.2) is 49.1 Å². The predicted molar refractivity (Wildman–Crippen MR) is 82.2 cm³/mol. The highest BCUT2D eigenvalue weighted by Gasteiger charge is 2.27. The van der Waals surface area contributed by atoms with Gasteiger partial charge in [-0.2, -0.15) is 4.31 Å². The third kappa shape index (κ3) is 4.15. The van der Waals surface area contributed by atoms with Crippen molar-refractivity contribution in [2.75, 3.05) is 31.6 Å². The van der Waals surface area contributed by atoms with Crippen LogP contribution in [0.5, 0.6) is 0 Å². The molecular formula is C12H20BrN3O3S. The zero-order valence-electron chi connectivity index (χ0n) is 11.6. The molecule has 0 aromatic carbocycles. The first kappa shape index (κ1) is 17.4. The van der Waals surface area contributed by atoms with Crippen molar-refractivity contribution in [2.24, 2.45) is 0 Å². The Labute approximate surface area is 128 Å². The molecule has 0 aliphatic rings.